The molecule has 3 heteroatoms. The Bertz CT molecular complexity index is 701. The molecule has 0 fully saturated rings. The van der Waals surface area contributed by atoms with Crippen molar-refractivity contribution in [3.8, 4) is 0 Å². The van der Waals surface area contributed by atoms with E-state index in [1.54, 1.807) is 12.1 Å². The maximum Gasteiger partial charge on any atom is 0.128 e. The van der Waals surface area contributed by atoms with Crippen molar-refractivity contribution in [1.29, 1.82) is 0 Å². The number of hydrogen-bond acceptors (Lipinski definition) is 1. The molecule has 0 aliphatic heterocycles. The van der Waals surface area contributed by atoms with Gasteiger partial charge in [0.15, 0.2) is 0 Å². The van der Waals surface area contributed by atoms with Gasteiger partial charge in [0.1, 0.15) is 5.82 Å². The number of aromatic nitrogens is 1. The molecule has 90 valence electrons. The van der Waals surface area contributed by atoms with E-state index in [0.717, 1.165) is 16.6 Å². The second-order valence-electron chi connectivity index (χ2n) is 4.32. The van der Waals surface area contributed by atoms with Gasteiger partial charge in [-0.1, -0.05) is 24.3 Å². The molecule has 0 radical (unpaired) electrons. The highest BCUT2D eigenvalue weighted by molar-refractivity contribution is 5.91. The van der Waals surface area contributed by atoms with Crippen LogP contribution >= 0.6 is 0 Å². The summed E-state index contributed by atoms with van der Waals surface area (Å²) in [5, 5.41) is 1.01. The molecule has 0 aliphatic rings. The topological polar surface area (TPSA) is 30.9 Å². The SMILES string of the molecule is Nc1cccc2c1ccn2Cc1ccccc1F. The smallest absolute Gasteiger partial charge is 0.128 e. The Morgan fingerprint density at radius 1 is 1.00 bits per heavy atom. The van der Waals surface area contributed by atoms with E-state index < -0.39 is 0 Å². The minimum atomic E-state index is -0.178. The minimum absolute atomic E-state index is 0.178. The van der Waals surface area contributed by atoms with E-state index >= 15 is 0 Å². The summed E-state index contributed by atoms with van der Waals surface area (Å²) in [4.78, 5) is 0. The van der Waals surface area contributed by atoms with Crippen LogP contribution in [0.2, 0.25) is 0 Å². The lowest BCUT2D eigenvalue weighted by Gasteiger charge is -2.07. The summed E-state index contributed by atoms with van der Waals surface area (Å²) < 4.78 is 15.6. The highest BCUT2D eigenvalue weighted by Crippen LogP contribution is 2.23. The molecule has 3 rings (SSSR count). The number of nitrogens with two attached hydrogens (primary N) is 1. The maximum atomic E-state index is 13.6. The lowest BCUT2D eigenvalue weighted by molar-refractivity contribution is 0.602. The number of hydrogen-bond donors (Lipinski definition) is 1. The Kier molecular flexibility index (Phi) is 2.52. The zero-order chi connectivity index (χ0) is 12.5. The normalized spacial score (nSPS) is 10.9. The van der Waals surface area contributed by atoms with E-state index in [1.807, 2.05) is 41.1 Å². The van der Waals surface area contributed by atoms with Gasteiger partial charge in [0, 0.05) is 22.8 Å². The predicted octanol–water partition coefficient (Wildman–Crippen LogP) is 3.41. The van der Waals surface area contributed by atoms with Crippen LogP contribution in [-0.4, -0.2) is 4.57 Å². The number of nitrogens with zero attached hydrogens (tertiary/aromatic N) is 1. The highest BCUT2D eigenvalue weighted by atomic mass is 19.1. The lowest BCUT2D eigenvalue weighted by Crippen LogP contribution is -2.00. The van der Waals surface area contributed by atoms with Gasteiger partial charge in [0.25, 0.3) is 0 Å². The first-order valence-corrected chi connectivity index (χ1v) is 5.82. The van der Waals surface area contributed by atoms with Crippen LogP contribution in [0.4, 0.5) is 10.1 Å². The van der Waals surface area contributed by atoms with Crippen molar-refractivity contribution < 1.29 is 4.39 Å². The molecule has 3 aromatic rings. The van der Waals surface area contributed by atoms with Gasteiger partial charge in [0.2, 0.25) is 0 Å². The first kappa shape index (κ1) is 10.8. The van der Waals surface area contributed by atoms with Gasteiger partial charge in [-0.05, 0) is 24.3 Å². The van der Waals surface area contributed by atoms with Gasteiger partial charge in [-0.25, -0.2) is 4.39 Å². The fourth-order valence-corrected chi connectivity index (χ4v) is 2.20. The monoisotopic (exact) mass is 240 g/mol. The van der Waals surface area contributed by atoms with Gasteiger partial charge in [0.05, 0.1) is 12.1 Å². The molecule has 2 N–H and O–H groups in total. The Morgan fingerprint density at radius 2 is 1.83 bits per heavy atom. The van der Waals surface area contributed by atoms with Gasteiger partial charge in [-0.2, -0.15) is 0 Å². The summed E-state index contributed by atoms with van der Waals surface area (Å²) in [6, 6.07) is 14.6. The third-order valence-electron chi connectivity index (χ3n) is 3.15. The molecule has 1 aromatic heterocycles. The quantitative estimate of drug-likeness (QED) is 0.684. The molecule has 1 heterocycles. The number of rotatable bonds is 2. The third kappa shape index (κ3) is 1.74. The van der Waals surface area contributed by atoms with E-state index in [9.17, 15) is 4.39 Å². The summed E-state index contributed by atoms with van der Waals surface area (Å²) in [5.74, 6) is -0.178. The number of anilines is 1. The molecular weight excluding hydrogens is 227 g/mol. The zero-order valence-electron chi connectivity index (χ0n) is 9.81. The number of fused-ring (bicyclic) bond motifs is 1. The Hall–Kier alpha value is -2.29. The van der Waals surface area contributed by atoms with Crippen molar-refractivity contribution in [3.05, 3.63) is 66.1 Å². The molecule has 0 spiro atoms. The highest BCUT2D eigenvalue weighted by Gasteiger charge is 2.06. The van der Waals surface area contributed by atoms with Crippen LogP contribution in [0.15, 0.2) is 54.7 Å². The van der Waals surface area contributed by atoms with E-state index in [4.69, 9.17) is 5.73 Å². The fraction of sp³-hybridized carbons (Fsp3) is 0.0667. The predicted molar refractivity (Wildman–Crippen MR) is 71.9 cm³/mol. The lowest BCUT2D eigenvalue weighted by atomic mass is 10.2. The van der Waals surface area contributed by atoms with E-state index in [0.29, 0.717) is 12.1 Å². The van der Waals surface area contributed by atoms with Crippen LogP contribution in [0.5, 0.6) is 0 Å². The van der Waals surface area contributed by atoms with Crippen LogP contribution in [-0.2, 0) is 6.54 Å². The average Bonchev–Trinajstić information content (AvgIpc) is 2.77. The van der Waals surface area contributed by atoms with E-state index in [1.165, 1.54) is 6.07 Å². The van der Waals surface area contributed by atoms with Crippen molar-refractivity contribution in [3.63, 3.8) is 0 Å². The molecule has 2 aromatic carbocycles. The summed E-state index contributed by atoms with van der Waals surface area (Å²) in [5.41, 5.74) is 8.36. The first-order chi connectivity index (χ1) is 8.75. The van der Waals surface area contributed by atoms with Crippen LogP contribution in [0.1, 0.15) is 5.56 Å². The number of nitrogen functional groups attached to an aromatic ring is 1. The Balaban J connectivity index is 2.06. The summed E-state index contributed by atoms with van der Waals surface area (Å²) >= 11 is 0. The van der Waals surface area contributed by atoms with E-state index in [2.05, 4.69) is 0 Å². The molecule has 0 saturated carbocycles. The molecule has 0 unspecified atom stereocenters. The van der Waals surface area contributed by atoms with Gasteiger partial charge >= 0.3 is 0 Å². The maximum absolute atomic E-state index is 13.6. The van der Waals surface area contributed by atoms with Crippen molar-refractivity contribution in [2.24, 2.45) is 0 Å². The third-order valence-corrected chi connectivity index (χ3v) is 3.15. The van der Waals surface area contributed by atoms with Crippen molar-refractivity contribution in [1.82, 2.24) is 4.57 Å². The number of halogens is 1. The molecule has 0 atom stereocenters. The van der Waals surface area contributed by atoms with Crippen LogP contribution in [0.25, 0.3) is 10.9 Å². The van der Waals surface area contributed by atoms with Gasteiger partial charge < -0.3 is 10.3 Å². The largest absolute Gasteiger partial charge is 0.398 e. The van der Waals surface area contributed by atoms with Gasteiger partial charge in [-0.15, -0.1) is 0 Å². The van der Waals surface area contributed by atoms with E-state index in [-0.39, 0.29) is 5.82 Å². The summed E-state index contributed by atoms with van der Waals surface area (Å²) in [6.45, 7) is 0.514. The molecule has 0 amide bonds. The first-order valence-electron chi connectivity index (χ1n) is 5.82. The zero-order valence-corrected chi connectivity index (χ0v) is 9.81. The fourth-order valence-electron chi connectivity index (χ4n) is 2.20. The standard InChI is InChI=1S/C15H13FN2/c16-13-5-2-1-4-11(13)10-18-9-8-12-14(17)6-3-7-15(12)18/h1-9H,10,17H2. The summed E-state index contributed by atoms with van der Waals surface area (Å²) in [6.07, 6.45) is 1.94. The summed E-state index contributed by atoms with van der Waals surface area (Å²) in [7, 11) is 0. The molecule has 0 saturated heterocycles. The van der Waals surface area contributed by atoms with Crippen molar-refractivity contribution in [2.45, 2.75) is 6.54 Å². The average molecular weight is 240 g/mol. The second-order valence-corrected chi connectivity index (χ2v) is 4.32. The van der Waals surface area contributed by atoms with Gasteiger partial charge in [-0.3, -0.25) is 0 Å². The van der Waals surface area contributed by atoms with Crippen LogP contribution < -0.4 is 5.73 Å². The molecule has 0 bridgehead atoms. The molecule has 2 nitrogen and oxygen atoms in total. The van der Waals surface area contributed by atoms with Crippen molar-refractivity contribution >= 4 is 16.6 Å². The minimum Gasteiger partial charge on any atom is -0.398 e. The Labute approximate surface area is 104 Å². The van der Waals surface area contributed by atoms with Crippen LogP contribution in [0.3, 0.4) is 0 Å². The second kappa shape index (κ2) is 4.18. The van der Waals surface area contributed by atoms with Crippen molar-refractivity contribution in [2.75, 3.05) is 5.73 Å². The number of benzene rings is 2. The van der Waals surface area contributed by atoms with Crippen LogP contribution in [0, 0.1) is 5.82 Å². The molecule has 0 aliphatic carbocycles. The molecular formula is C15H13FN2. The molecule has 18 heavy (non-hydrogen) atoms. The Morgan fingerprint density at radius 3 is 2.67 bits per heavy atom.